The van der Waals surface area contributed by atoms with Crippen molar-refractivity contribution in [2.75, 3.05) is 32.8 Å². The minimum Gasteiger partial charge on any atom is -0.379 e. The summed E-state index contributed by atoms with van der Waals surface area (Å²) in [5.41, 5.74) is 3.53. The van der Waals surface area contributed by atoms with Gasteiger partial charge in [0.05, 0.1) is 19.3 Å². The number of hydrogen-bond acceptors (Lipinski definition) is 5. The molecule has 0 saturated carbocycles. The maximum Gasteiger partial charge on any atom is 0.273 e. The molecule has 1 N–H and O–H groups in total. The van der Waals surface area contributed by atoms with Crippen LogP contribution in [0.1, 0.15) is 27.7 Å². The quantitative estimate of drug-likeness (QED) is 0.697. The molecule has 2 heterocycles. The Morgan fingerprint density at radius 1 is 1.10 bits per heavy atom. The van der Waals surface area contributed by atoms with Gasteiger partial charge in [0.25, 0.3) is 5.91 Å². The fraction of sp³-hybridized carbons (Fsp3) is 0.304. The van der Waals surface area contributed by atoms with Crippen molar-refractivity contribution in [1.29, 1.82) is 0 Å². The second-order valence-corrected chi connectivity index (χ2v) is 7.23. The Labute approximate surface area is 170 Å². The van der Waals surface area contributed by atoms with Gasteiger partial charge in [-0.15, -0.1) is 0 Å². The van der Waals surface area contributed by atoms with E-state index < -0.39 is 0 Å². The third-order valence-corrected chi connectivity index (χ3v) is 5.21. The summed E-state index contributed by atoms with van der Waals surface area (Å²) in [4.78, 5) is 15.0. The largest absolute Gasteiger partial charge is 0.379 e. The number of carbonyl (C=O) groups excluding carboxylic acids is 1. The molecule has 1 unspecified atom stereocenters. The third kappa shape index (κ3) is 4.72. The molecule has 0 bridgehead atoms. The second-order valence-electron chi connectivity index (χ2n) is 7.23. The zero-order valence-electron chi connectivity index (χ0n) is 16.5. The smallest absolute Gasteiger partial charge is 0.273 e. The van der Waals surface area contributed by atoms with Crippen molar-refractivity contribution in [2.45, 2.75) is 13.0 Å². The maximum absolute atomic E-state index is 12.7. The van der Waals surface area contributed by atoms with Crippen LogP contribution >= 0.6 is 0 Å². The Kier molecular flexibility index (Phi) is 6.03. The lowest BCUT2D eigenvalue weighted by Gasteiger charge is -2.34. The van der Waals surface area contributed by atoms with Gasteiger partial charge in [0.1, 0.15) is 0 Å². The molecular weight excluding hydrogens is 366 g/mol. The average molecular weight is 391 g/mol. The third-order valence-electron chi connectivity index (χ3n) is 5.21. The molecule has 4 rings (SSSR count). The number of carbonyl (C=O) groups is 1. The highest BCUT2D eigenvalue weighted by Gasteiger charge is 2.24. The Balaban J connectivity index is 1.44. The summed E-state index contributed by atoms with van der Waals surface area (Å²) < 4.78 is 10.9. The molecule has 2 aromatic carbocycles. The zero-order chi connectivity index (χ0) is 20.1. The average Bonchev–Trinajstić information content (AvgIpc) is 3.26. The van der Waals surface area contributed by atoms with E-state index in [0.717, 1.165) is 18.7 Å². The van der Waals surface area contributed by atoms with Gasteiger partial charge in [-0.3, -0.25) is 9.69 Å². The van der Waals surface area contributed by atoms with Crippen LogP contribution in [0, 0.1) is 6.92 Å². The number of nitrogens with one attached hydrogen (secondary N) is 1. The van der Waals surface area contributed by atoms with Crippen LogP contribution < -0.4 is 5.32 Å². The molecule has 1 aromatic heterocycles. The number of nitrogens with zero attached hydrogens (tertiary/aromatic N) is 2. The van der Waals surface area contributed by atoms with E-state index in [1.165, 1.54) is 11.1 Å². The second kappa shape index (κ2) is 9.03. The van der Waals surface area contributed by atoms with Crippen molar-refractivity contribution in [2.24, 2.45) is 0 Å². The van der Waals surface area contributed by atoms with Crippen LogP contribution in [0.2, 0.25) is 0 Å². The van der Waals surface area contributed by atoms with Crippen LogP contribution in [0.3, 0.4) is 0 Å². The van der Waals surface area contributed by atoms with Gasteiger partial charge in [-0.05, 0) is 12.5 Å². The standard InChI is InChI=1S/C23H25N3O3/c1-17-7-9-19(10-8-17)22-15-20(25-29-22)23(27)24-16-21(18-5-3-2-4-6-18)26-11-13-28-14-12-26/h2-10,15,21H,11-14,16H2,1H3,(H,24,27). The summed E-state index contributed by atoms with van der Waals surface area (Å²) in [6.45, 7) is 5.63. The Hall–Kier alpha value is -2.96. The number of ether oxygens (including phenoxy) is 1. The van der Waals surface area contributed by atoms with Gasteiger partial charge in [0.15, 0.2) is 11.5 Å². The number of amides is 1. The molecule has 6 heteroatoms. The first-order valence-corrected chi connectivity index (χ1v) is 9.89. The molecule has 6 nitrogen and oxygen atoms in total. The van der Waals surface area contributed by atoms with E-state index in [4.69, 9.17) is 9.26 Å². The summed E-state index contributed by atoms with van der Waals surface area (Å²) >= 11 is 0. The highest BCUT2D eigenvalue weighted by Crippen LogP contribution is 2.23. The molecule has 0 spiro atoms. The Morgan fingerprint density at radius 2 is 1.83 bits per heavy atom. The van der Waals surface area contributed by atoms with E-state index in [0.29, 0.717) is 25.5 Å². The van der Waals surface area contributed by atoms with Crippen molar-refractivity contribution in [3.05, 3.63) is 77.5 Å². The lowest BCUT2D eigenvalue weighted by Crippen LogP contribution is -2.43. The van der Waals surface area contributed by atoms with Gasteiger partial charge in [-0.25, -0.2) is 0 Å². The molecule has 1 aliphatic heterocycles. The highest BCUT2D eigenvalue weighted by molar-refractivity contribution is 5.93. The van der Waals surface area contributed by atoms with Crippen LogP contribution in [-0.4, -0.2) is 48.8 Å². The SMILES string of the molecule is Cc1ccc(-c2cc(C(=O)NCC(c3ccccc3)N3CCOCC3)no2)cc1. The van der Waals surface area contributed by atoms with E-state index in [2.05, 4.69) is 27.5 Å². The first-order valence-electron chi connectivity index (χ1n) is 9.89. The fourth-order valence-corrected chi connectivity index (χ4v) is 3.54. The normalized spacial score (nSPS) is 15.8. The van der Waals surface area contributed by atoms with Crippen LogP contribution in [0.4, 0.5) is 0 Å². The van der Waals surface area contributed by atoms with Crippen molar-refractivity contribution < 1.29 is 14.1 Å². The van der Waals surface area contributed by atoms with Crippen LogP contribution in [-0.2, 0) is 4.74 Å². The number of morpholine rings is 1. The molecule has 1 fully saturated rings. The van der Waals surface area contributed by atoms with E-state index in [-0.39, 0.29) is 17.6 Å². The van der Waals surface area contributed by atoms with Gasteiger partial charge >= 0.3 is 0 Å². The van der Waals surface area contributed by atoms with E-state index in [1.54, 1.807) is 6.07 Å². The van der Waals surface area contributed by atoms with E-state index in [1.807, 2.05) is 49.4 Å². The minimum absolute atomic E-state index is 0.0903. The number of rotatable bonds is 6. The molecule has 3 aromatic rings. The van der Waals surface area contributed by atoms with Gasteiger partial charge in [-0.1, -0.05) is 65.3 Å². The fourth-order valence-electron chi connectivity index (χ4n) is 3.54. The maximum atomic E-state index is 12.7. The summed E-state index contributed by atoms with van der Waals surface area (Å²) in [6.07, 6.45) is 0. The molecule has 0 radical (unpaired) electrons. The van der Waals surface area contributed by atoms with Gasteiger partial charge in [0.2, 0.25) is 0 Å². The van der Waals surface area contributed by atoms with Crippen LogP contribution in [0.5, 0.6) is 0 Å². The molecule has 0 aliphatic carbocycles. The predicted octanol–water partition coefficient (Wildman–Crippen LogP) is 3.45. The molecule has 1 aliphatic rings. The number of benzene rings is 2. The van der Waals surface area contributed by atoms with Gasteiger partial charge in [-0.2, -0.15) is 0 Å². The molecule has 150 valence electrons. The van der Waals surface area contributed by atoms with Crippen molar-refractivity contribution >= 4 is 5.91 Å². The summed E-state index contributed by atoms with van der Waals surface area (Å²) in [6, 6.07) is 19.9. The van der Waals surface area contributed by atoms with Crippen molar-refractivity contribution in [1.82, 2.24) is 15.4 Å². The van der Waals surface area contributed by atoms with Crippen molar-refractivity contribution in [3.63, 3.8) is 0 Å². The number of hydrogen-bond donors (Lipinski definition) is 1. The summed E-state index contributed by atoms with van der Waals surface area (Å²) in [5.74, 6) is 0.351. The first kappa shape index (κ1) is 19.4. The number of aromatic nitrogens is 1. The van der Waals surface area contributed by atoms with Crippen molar-refractivity contribution in [3.8, 4) is 11.3 Å². The molecule has 1 amide bonds. The molecular formula is C23H25N3O3. The summed E-state index contributed by atoms with van der Waals surface area (Å²) in [7, 11) is 0. The van der Waals surface area contributed by atoms with E-state index >= 15 is 0 Å². The zero-order valence-corrected chi connectivity index (χ0v) is 16.5. The van der Waals surface area contributed by atoms with Gasteiger partial charge in [0, 0.05) is 31.3 Å². The highest BCUT2D eigenvalue weighted by atomic mass is 16.5. The van der Waals surface area contributed by atoms with E-state index in [9.17, 15) is 4.79 Å². The van der Waals surface area contributed by atoms with Crippen LogP contribution in [0.15, 0.2) is 65.2 Å². The molecule has 1 atom stereocenters. The topological polar surface area (TPSA) is 67.6 Å². The van der Waals surface area contributed by atoms with Gasteiger partial charge < -0.3 is 14.6 Å². The Bertz CT molecular complexity index is 932. The molecule has 29 heavy (non-hydrogen) atoms. The predicted molar refractivity (Wildman–Crippen MR) is 111 cm³/mol. The first-order chi connectivity index (χ1) is 14.2. The lowest BCUT2D eigenvalue weighted by atomic mass is 10.0. The number of aryl methyl sites for hydroxylation is 1. The minimum atomic E-state index is -0.235. The monoisotopic (exact) mass is 391 g/mol. The summed E-state index contributed by atoms with van der Waals surface area (Å²) in [5, 5.41) is 6.98. The van der Waals surface area contributed by atoms with Crippen LogP contribution in [0.25, 0.3) is 11.3 Å². The Morgan fingerprint density at radius 3 is 2.55 bits per heavy atom. The lowest BCUT2D eigenvalue weighted by molar-refractivity contribution is 0.0162. The molecule has 1 saturated heterocycles.